The van der Waals surface area contributed by atoms with Gasteiger partial charge in [-0.1, -0.05) is 11.6 Å². The van der Waals surface area contributed by atoms with Crippen LogP contribution in [0.1, 0.15) is 15.9 Å². The Hall–Kier alpha value is -3.75. The second-order valence-corrected chi connectivity index (χ2v) is 8.58. The van der Waals surface area contributed by atoms with Crippen molar-refractivity contribution >= 4 is 23.0 Å². The summed E-state index contributed by atoms with van der Waals surface area (Å²) in [4.78, 5) is 23.4. The third kappa shape index (κ3) is 3.12. The quantitative estimate of drug-likeness (QED) is 0.495. The van der Waals surface area contributed by atoms with E-state index in [1.165, 1.54) is 16.9 Å². The topological polar surface area (TPSA) is 80.3 Å². The summed E-state index contributed by atoms with van der Waals surface area (Å²) in [7, 11) is 0. The first-order valence-electron chi connectivity index (χ1n) is 10.6. The van der Waals surface area contributed by atoms with E-state index in [4.69, 9.17) is 4.42 Å². The van der Waals surface area contributed by atoms with Crippen molar-refractivity contribution in [3.8, 4) is 5.69 Å². The van der Waals surface area contributed by atoms with Crippen molar-refractivity contribution in [1.29, 1.82) is 0 Å². The van der Waals surface area contributed by atoms with E-state index < -0.39 is 0 Å². The number of aryl methyl sites for hydroxylation is 1. The standard InChI is InChI=1S/C23H21FN6O2/c1-14-2-4-20(30-25-6-7-26-30)18(8-14)22(31)28-10-15-12-29(13-16(15)11-28)23-27-19-9-17(24)3-5-21(19)32-23/h2-9,15-16H,10-13H2,1H3. The second kappa shape index (κ2) is 7.15. The molecule has 2 fully saturated rings. The van der Waals surface area contributed by atoms with E-state index in [9.17, 15) is 9.18 Å². The van der Waals surface area contributed by atoms with Crippen molar-refractivity contribution in [3.63, 3.8) is 0 Å². The van der Waals surface area contributed by atoms with Gasteiger partial charge in [0.05, 0.1) is 23.6 Å². The molecule has 32 heavy (non-hydrogen) atoms. The molecular weight excluding hydrogens is 411 g/mol. The number of likely N-dealkylation sites (tertiary alicyclic amines) is 1. The molecule has 2 unspecified atom stereocenters. The maximum Gasteiger partial charge on any atom is 0.298 e. The highest BCUT2D eigenvalue weighted by molar-refractivity contribution is 5.98. The molecule has 162 valence electrons. The first-order chi connectivity index (χ1) is 15.5. The van der Waals surface area contributed by atoms with E-state index in [2.05, 4.69) is 20.1 Å². The number of rotatable bonds is 3. The zero-order valence-corrected chi connectivity index (χ0v) is 17.5. The number of hydrogen-bond donors (Lipinski definition) is 0. The minimum absolute atomic E-state index is 0.000660. The minimum Gasteiger partial charge on any atom is -0.423 e. The maximum absolute atomic E-state index is 13.5. The van der Waals surface area contributed by atoms with E-state index >= 15 is 0 Å². The molecule has 2 aromatic carbocycles. The number of nitrogens with zero attached hydrogens (tertiary/aromatic N) is 6. The van der Waals surface area contributed by atoms with Gasteiger partial charge in [0, 0.05) is 44.1 Å². The molecule has 0 aliphatic carbocycles. The molecule has 2 atom stereocenters. The van der Waals surface area contributed by atoms with Crippen LogP contribution in [-0.4, -0.2) is 57.0 Å². The first kappa shape index (κ1) is 19.0. The number of fused-ring (bicyclic) bond motifs is 2. The molecular formula is C23H21FN6O2. The predicted molar refractivity (Wildman–Crippen MR) is 115 cm³/mol. The molecule has 0 radical (unpaired) electrons. The Kier molecular flexibility index (Phi) is 4.24. The van der Waals surface area contributed by atoms with Crippen molar-refractivity contribution in [3.05, 3.63) is 65.7 Å². The van der Waals surface area contributed by atoms with Gasteiger partial charge in [-0.15, -0.1) is 0 Å². The molecule has 8 nitrogen and oxygen atoms in total. The van der Waals surface area contributed by atoms with Gasteiger partial charge < -0.3 is 14.2 Å². The van der Waals surface area contributed by atoms with Gasteiger partial charge in [-0.2, -0.15) is 20.0 Å². The zero-order valence-electron chi connectivity index (χ0n) is 17.5. The lowest BCUT2D eigenvalue weighted by molar-refractivity contribution is 0.0782. The SMILES string of the molecule is Cc1ccc(-n2nccn2)c(C(=O)N2CC3CN(c4nc5cc(F)ccc5o4)CC3C2)c1. The minimum atomic E-state index is -0.328. The zero-order chi connectivity index (χ0) is 21.8. The van der Waals surface area contributed by atoms with E-state index in [1.54, 1.807) is 18.5 Å². The van der Waals surface area contributed by atoms with Gasteiger partial charge in [0.25, 0.3) is 11.9 Å². The molecule has 2 aliphatic rings. The Labute approximate surface area is 183 Å². The molecule has 2 aromatic heterocycles. The van der Waals surface area contributed by atoms with Gasteiger partial charge in [0.15, 0.2) is 5.58 Å². The number of benzene rings is 2. The van der Waals surface area contributed by atoms with Crippen LogP contribution in [0.25, 0.3) is 16.8 Å². The number of hydrogen-bond acceptors (Lipinski definition) is 6. The van der Waals surface area contributed by atoms with Crippen LogP contribution in [0, 0.1) is 24.6 Å². The van der Waals surface area contributed by atoms with E-state index in [1.807, 2.05) is 30.0 Å². The molecule has 0 spiro atoms. The molecule has 2 saturated heterocycles. The highest BCUT2D eigenvalue weighted by Gasteiger charge is 2.43. The van der Waals surface area contributed by atoms with Gasteiger partial charge in [0.1, 0.15) is 11.3 Å². The van der Waals surface area contributed by atoms with Crippen LogP contribution in [0.4, 0.5) is 10.4 Å². The van der Waals surface area contributed by atoms with Crippen LogP contribution in [0.3, 0.4) is 0 Å². The Morgan fingerprint density at radius 2 is 1.78 bits per heavy atom. The fourth-order valence-corrected chi connectivity index (χ4v) is 4.84. The summed E-state index contributed by atoms with van der Waals surface area (Å²) in [6.45, 7) is 4.83. The van der Waals surface area contributed by atoms with Crippen molar-refractivity contribution < 1.29 is 13.6 Å². The summed E-state index contributed by atoms with van der Waals surface area (Å²) >= 11 is 0. The van der Waals surface area contributed by atoms with Gasteiger partial charge in [-0.3, -0.25) is 4.79 Å². The lowest BCUT2D eigenvalue weighted by Gasteiger charge is -2.22. The van der Waals surface area contributed by atoms with Crippen LogP contribution < -0.4 is 4.90 Å². The van der Waals surface area contributed by atoms with Crippen LogP contribution in [0.5, 0.6) is 0 Å². The normalized spacial score (nSPS) is 20.3. The lowest BCUT2D eigenvalue weighted by atomic mass is 10.0. The fourth-order valence-electron chi connectivity index (χ4n) is 4.84. The molecule has 4 aromatic rings. The van der Waals surface area contributed by atoms with Crippen LogP contribution in [0.2, 0.25) is 0 Å². The summed E-state index contributed by atoms with van der Waals surface area (Å²) in [5.74, 6) is 0.341. The maximum atomic E-state index is 13.5. The van der Waals surface area contributed by atoms with Crippen LogP contribution >= 0.6 is 0 Å². The average Bonchev–Trinajstić information content (AvgIpc) is 3.54. The summed E-state index contributed by atoms with van der Waals surface area (Å²) in [6.07, 6.45) is 3.20. The summed E-state index contributed by atoms with van der Waals surface area (Å²) < 4.78 is 19.3. The van der Waals surface area contributed by atoms with Crippen molar-refractivity contribution in [1.82, 2.24) is 24.9 Å². The number of aromatic nitrogens is 4. The van der Waals surface area contributed by atoms with E-state index in [0.717, 1.165) is 18.7 Å². The molecule has 2 aliphatic heterocycles. The summed E-state index contributed by atoms with van der Waals surface area (Å²) in [5, 5.41) is 8.39. The van der Waals surface area contributed by atoms with E-state index in [0.29, 0.717) is 53.3 Å². The second-order valence-electron chi connectivity index (χ2n) is 8.58. The molecule has 0 bridgehead atoms. The largest absolute Gasteiger partial charge is 0.423 e. The number of halogens is 1. The van der Waals surface area contributed by atoms with Gasteiger partial charge >= 0.3 is 0 Å². The van der Waals surface area contributed by atoms with Gasteiger partial charge in [-0.25, -0.2) is 4.39 Å². The third-order valence-corrected chi connectivity index (χ3v) is 6.40. The molecule has 4 heterocycles. The number of anilines is 1. The lowest BCUT2D eigenvalue weighted by Crippen LogP contribution is -2.34. The highest BCUT2D eigenvalue weighted by atomic mass is 19.1. The van der Waals surface area contributed by atoms with Gasteiger partial charge in [0.2, 0.25) is 0 Å². The molecule has 1 amide bonds. The van der Waals surface area contributed by atoms with Crippen molar-refractivity contribution in [2.45, 2.75) is 6.92 Å². The van der Waals surface area contributed by atoms with Crippen LogP contribution in [0.15, 0.2) is 53.2 Å². The van der Waals surface area contributed by atoms with E-state index in [-0.39, 0.29) is 11.7 Å². The number of amides is 1. The number of carbonyl (C=O) groups is 1. The van der Waals surface area contributed by atoms with Crippen LogP contribution in [-0.2, 0) is 0 Å². The molecule has 9 heteroatoms. The Balaban J connectivity index is 1.20. The average molecular weight is 432 g/mol. The van der Waals surface area contributed by atoms with Crippen molar-refractivity contribution in [2.24, 2.45) is 11.8 Å². The fraction of sp³-hybridized carbons (Fsp3) is 0.304. The first-order valence-corrected chi connectivity index (χ1v) is 10.6. The Bertz CT molecular complexity index is 1300. The van der Waals surface area contributed by atoms with Crippen molar-refractivity contribution in [2.75, 3.05) is 31.1 Å². The third-order valence-electron chi connectivity index (χ3n) is 6.40. The predicted octanol–water partition coefficient (Wildman–Crippen LogP) is 3.06. The number of oxazole rings is 1. The Morgan fingerprint density at radius 3 is 2.53 bits per heavy atom. The monoisotopic (exact) mass is 432 g/mol. The highest BCUT2D eigenvalue weighted by Crippen LogP contribution is 2.35. The van der Waals surface area contributed by atoms with Gasteiger partial charge in [-0.05, 0) is 31.2 Å². The number of carbonyl (C=O) groups excluding carboxylic acids is 1. The smallest absolute Gasteiger partial charge is 0.298 e. The molecule has 0 N–H and O–H groups in total. The summed E-state index contributed by atoms with van der Waals surface area (Å²) in [5.41, 5.74) is 3.41. The summed E-state index contributed by atoms with van der Waals surface area (Å²) in [6, 6.07) is 10.6. The molecule has 0 saturated carbocycles. The Morgan fingerprint density at radius 1 is 1.03 bits per heavy atom. The molecule has 6 rings (SSSR count).